The highest BCUT2D eigenvalue weighted by atomic mass is 32.2. The lowest BCUT2D eigenvalue weighted by Crippen LogP contribution is -2.40. The first-order valence-corrected chi connectivity index (χ1v) is 11.0. The van der Waals surface area contributed by atoms with Gasteiger partial charge in [0.1, 0.15) is 17.2 Å². The fourth-order valence-corrected chi connectivity index (χ4v) is 5.14. The van der Waals surface area contributed by atoms with Crippen LogP contribution in [-0.4, -0.2) is 58.1 Å². The van der Waals surface area contributed by atoms with Crippen LogP contribution >= 0.6 is 0 Å². The number of amides is 1. The number of carbonyl (C=O) groups is 1. The highest BCUT2D eigenvalue weighted by molar-refractivity contribution is 7.91. The van der Waals surface area contributed by atoms with Gasteiger partial charge in [0, 0.05) is 24.2 Å². The number of hydrogen-bond donors (Lipinski definition) is 0. The first kappa shape index (κ1) is 21.0. The Labute approximate surface area is 171 Å². The molecule has 0 unspecified atom stereocenters. The Bertz CT molecular complexity index is 949. The maximum Gasteiger partial charge on any atom is 0.254 e. The smallest absolute Gasteiger partial charge is 0.254 e. The lowest BCUT2D eigenvalue weighted by atomic mass is 10.1. The Morgan fingerprint density at radius 1 is 0.966 bits per heavy atom. The van der Waals surface area contributed by atoms with Crippen LogP contribution in [0.4, 0.5) is 0 Å². The van der Waals surface area contributed by atoms with Gasteiger partial charge in [0.25, 0.3) is 5.91 Å². The molecule has 2 aromatic carbocycles. The van der Waals surface area contributed by atoms with Crippen LogP contribution in [0, 0.1) is 0 Å². The summed E-state index contributed by atoms with van der Waals surface area (Å²) in [6, 6.07) is 11.9. The van der Waals surface area contributed by atoms with Gasteiger partial charge in [0.2, 0.25) is 0 Å². The molecule has 1 fully saturated rings. The zero-order chi connectivity index (χ0) is 21.0. The molecule has 7 nitrogen and oxygen atoms in total. The average molecular weight is 419 g/mol. The SMILES string of the molecule is COc1ccc(CN(C(=O)c2cc(OC)cc(OC)c2)[C@H]2CCS(=O)(=O)C2)cc1. The predicted molar refractivity (Wildman–Crippen MR) is 109 cm³/mol. The van der Waals surface area contributed by atoms with Crippen LogP contribution < -0.4 is 14.2 Å². The van der Waals surface area contributed by atoms with E-state index in [4.69, 9.17) is 14.2 Å². The molecule has 0 aliphatic carbocycles. The van der Waals surface area contributed by atoms with Crippen molar-refractivity contribution < 1.29 is 27.4 Å². The Hall–Kier alpha value is -2.74. The second-order valence-corrected chi connectivity index (χ2v) is 9.17. The molecule has 2 aromatic rings. The third kappa shape index (κ3) is 5.00. The van der Waals surface area contributed by atoms with Crippen molar-refractivity contribution in [2.45, 2.75) is 19.0 Å². The fourth-order valence-electron chi connectivity index (χ4n) is 3.41. The molecule has 29 heavy (non-hydrogen) atoms. The highest BCUT2D eigenvalue weighted by Crippen LogP contribution is 2.27. The van der Waals surface area contributed by atoms with Gasteiger partial charge in [-0.25, -0.2) is 8.42 Å². The van der Waals surface area contributed by atoms with Crippen molar-refractivity contribution in [2.75, 3.05) is 32.8 Å². The molecule has 156 valence electrons. The lowest BCUT2D eigenvalue weighted by molar-refractivity contribution is 0.0680. The van der Waals surface area contributed by atoms with Gasteiger partial charge in [-0.2, -0.15) is 0 Å². The third-order valence-corrected chi connectivity index (χ3v) is 6.77. The van der Waals surface area contributed by atoms with E-state index in [0.717, 1.165) is 5.56 Å². The second kappa shape index (κ2) is 8.73. The van der Waals surface area contributed by atoms with Crippen molar-refractivity contribution in [2.24, 2.45) is 0 Å². The van der Waals surface area contributed by atoms with E-state index in [1.54, 1.807) is 30.2 Å². The van der Waals surface area contributed by atoms with E-state index in [9.17, 15) is 13.2 Å². The van der Waals surface area contributed by atoms with Crippen molar-refractivity contribution in [3.63, 3.8) is 0 Å². The number of hydrogen-bond acceptors (Lipinski definition) is 6. The standard InChI is InChI=1S/C21H25NO6S/c1-26-18-6-4-15(5-7-18)13-22(17-8-9-29(24,25)14-17)21(23)16-10-19(27-2)12-20(11-16)28-3/h4-7,10-12,17H,8-9,13-14H2,1-3H3/t17-/m0/s1. The fraction of sp³-hybridized carbons (Fsp3) is 0.381. The lowest BCUT2D eigenvalue weighted by Gasteiger charge is -2.29. The van der Waals surface area contributed by atoms with E-state index in [-0.39, 0.29) is 23.5 Å². The largest absolute Gasteiger partial charge is 0.497 e. The molecule has 8 heteroatoms. The predicted octanol–water partition coefficient (Wildman–Crippen LogP) is 2.54. The van der Waals surface area contributed by atoms with Crippen LogP contribution in [0.2, 0.25) is 0 Å². The van der Waals surface area contributed by atoms with Gasteiger partial charge in [-0.3, -0.25) is 4.79 Å². The molecular weight excluding hydrogens is 394 g/mol. The number of nitrogens with zero attached hydrogens (tertiary/aromatic N) is 1. The topological polar surface area (TPSA) is 82.1 Å². The van der Waals surface area contributed by atoms with Crippen LogP contribution in [0.5, 0.6) is 17.2 Å². The summed E-state index contributed by atoms with van der Waals surface area (Å²) in [6.07, 6.45) is 0.422. The number of sulfone groups is 1. The van der Waals surface area contributed by atoms with Crippen LogP contribution in [0.25, 0.3) is 0 Å². The van der Waals surface area contributed by atoms with Gasteiger partial charge < -0.3 is 19.1 Å². The van der Waals surface area contributed by atoms with Gasteiger partial charge >= 0.3 is 0 Å². The number of ether oxygens (including phenoxy) is 3. The monoisotopic (exact) mass is 419 g/mol. The summed E-state index contributed by atoms with van der Waals surface area (Å²) in [5.41, 5.74) is 1.28. The average Bonchev–Trinajstić information content (AvgIpc) is 3.10. The van der Waals surface area contributed by atoms with Crippen LogP contribution in [0.3, 0.4) is 0 Å². The Morgan fingerprint density at radius 2 is 1.55 bits per heavy atom. The first-order valence-electron chi connectivity index (χ1n) is 9.22. The molecule has 3 rings (SSSR count). The summed E-state index contributed by atoms with van der Waals surface area (Å²) < 4.78 is 39.8. The Kier molecular flexibility index (Phi) is 6.32. The number of rotatable bonds is 7. The summed E-state index contributed by atoms with van der Waals surface area (Å²) in [7, 11) is 1.47. The van der Waals surface area contributed by atoms with E-state index in [0.29, 0.717) is 35.8 Å². The molecule has 0 radical (unpaired) electrons. The molecule has 0 saturated carbocycles. The summed E-state index contributed by atoms with van der Waals surface area (Å²) in [5, 5.41) is 0. The van der Waals surface area contributed by atoms with E-state index in [2.05, 4.69) is 0 Å². The van der Waals surface area contributed by atoms with Crippen molar-refractivity contribution >= 4 is 15.7 Å². The summed E-state index contributed by atoms with van der Waals surface area (Å²) in [4.78, 5) is 15.0. The quantitative estimate of drug-likeness (QED) is 0.686. The van der Waals surface area contributed by atoms with Crippen molar-refractivity contribution in [1.82, 2.24) is 4.90 Å². The molecule has 1 aliphatic rings. The van der Waals surface area contributed by atoms with Gasteiger partial charge in [-0.05, 0) is 36.2 Å². The van der Waals surface area contributed by atoms with E-state index < -0.39 is 9.84 Å². The minimum Gasteiger partial charge on any atom is -0.497 e. The number of benzene rings is 2. The molecule has 1 atom stereocenters. The summed E-state index contributed by atoms with van der Waals surface area (Å²) in [6.45, 7) is 0.294. The Balaban J connectivity index is 1.94. The molecule has 1 aliphatic heterocycles. The van der Waals surface area contributed by atoms with Crippen molar-refractivity contribution in [3.8, 4) is 17.2 Å². The molecule has 0 N–H and O–H groups in total. The maximum absolute atomic E-state index is 13.4. The van der Waals surface area contributed by atoms with Crippen LogP contribution in [-0.2, 0) is 16.4 Å². The molecule has 0 bridgehead atoms. The summed E-state index contributed by atoms with van der Waals surface area (Å²) in [5.74, 6) is 1.50. The molecule has 1 amide bonds. The van der Waals surface area contributed by atoms with Gasteiger partial charge in [0.15, 0.2) is 9.84 Å². The normalized spacial score (nSPS) is 17.6. The zero-order valence-electron chi connectivity index (χ0n) is 16.8. The zero-order valence-corrected chi connectivity index (χ0v) is 17.6. The van der Waals surface area contributed by atoms with Crippen LogP contribution in [0.1, 0.15) is 22.3 Å². The van der Waals surface area contributed by atoms with Crippen molar-refractivity contribution in [3.05, 3.63) is 53.6 Å². The van der Waals surface area contributed by atoms with E-state index >= 15 is 0 Å². The molecule has 0 aromatic heterocycles. The number of methoxy groups -OCH3 is 3. The second-order valence-electron chi connectivity index (χ2n) is 6.94. The minimum absolute atomic E-state index is 0.0317. The van der Waals surface area contributed by atoms with Gasteiger partial charge in [-0.1, -0.05) is 12.1 Å². The van der Waals surface area contributed by atoms with E-state index in [1.165, 1.54) is 14.2 Å². The first-order chi connectivity index (χ1) is 13.8. The molecular formula is C21H25NO6S. The molecule has 0 spiro atoms. The third-order valence-electron chi connectivity index (χ3n) is 5.02. The van der Waals surface area contributed by atoms with Gasteiger partial charge in [0.05, 0.1) is 32.8 Å². The van der Waals surface area contributed by atoms with Gasteiger partial charge in [-0.15, -0.1) is 0 Å². The Morgan fingerprint density at radius 3 is 2.03 bits per heavy atom. The van der Waals surface area contributed by atoms with E-state index in [1.807, 2.05) is 24.3 Å². The molecule has 1 saturated heterocycles. The molecule has 1 heterocycles. The highest BCUT2D eigenvalue weighted by Gasteiger charge is 2.35. The minimum atomic E-state index is -3.15. The van der Waals surface area contributed by atoms with Crippen LogP contribution in [0.15, 0.2) is 42.5 Å². The number of carbonyl (C=O) groups excluding carboxylic acids is 1. The van der Waals surface area contributed by atoms with Crippen molar-refractivity contribution in [1.29, 1.82) is 0 Å². The maximum atomic E-state index is 13.4. The summed E-state index contributed by atoms with van der Waals surface area (Å²) >= 11 is 0.